The number of hydrogen-bond donors (Lipinski definition) is 2. The third-order valence-electron chi connectivity index (χ3n) is 4.79. The second-order valence-corrected chi connectivity index (χ2v) is 9.05. The first kappa shape index (κ1) is 20.4. The Bertz CT molecular complexity index is 1230. The second kappa shape index (κ2) is 8.85. The summed E-state index contributed by atoms with van der Waals surface area (Å²) in [6, 6.07) is 17.6. The fraction of sp³-hybridized carbons (Fsp3) is 0.174. The average Bonchev–Trinajstić information content (AvgIpc) is 3.19. The third kappa shape index (κ3) is 4.32. The molecular formula is C23H21N3O2S2. The molecule has 2 aromatic heterocycles. The van der Waals surface area contributed by atoms with Gasteiger partial charge >= 0.3 is 0 Å². The Morgan fingerprint density at radius 1 is 1.17 bits per heavy atom. The maximum atomic E-state index is 12.8. The number of aromatic amines is 1. The van der Waals surface area contributed by atoms with Crippen LogP contribution in [0.5, 0.6) is 0 Å². The molecule has 1 amide bonds. The molecule has 0 bridgehead atoms. The number of aromatic nitrogens is 2. The molecule has 0 fully saturated rings. The number of thiophene rings is 1. The number of carbonyl (C=O) groups excluding carboxylic acids is 1. The SMILES string of the molecule is CCc1ccc(NC(=O)C(C)Sc2nc3scc(-c4ccccc4)c3c(=O)[nH]2)cc1. The Hall–Kier alpha value is -2.90. The lowest BCUT2D eigenvalue weighted by molar-refractivity contribution is -0.115. The lowest BCUT2D eigenvalue weighted by atomic mass is 10.1. The number of aryl methyl sites for hydroxylation is 1. The second-order valence-electron chi connectivity index (χ2n) is 6.87. The number of carbonyl (C=O) groups is 1. The van der Waals surface area contributed by atoms with Gasteiger partial charge in [-0.3, -0.25) is 9.59 Å². The molecule has 5 nitrogen and oxygen atoms in total. The molecule has 0 spiro atoms. The Labute approximate surface area is 182 Å². The van der Waals surface area contributed by atoms with Crippen LogP contribution in [-0.4, -0.2) is 21.1 Å². The average molecular weight is 436 g/mol. The first-order valence-corrected chi connectivity index (χ1v) is 11.4. The van der Waals surface area contributed by atoms with Crippen molar-refractivity contribution in [2.45, 2.75) is 30.7 Å². The molecule has 4 rings (SSSR count). The number of nitrogens with zero attached hydrogens (tertiary/aromatic N) is 1. The largest absolute Gasteiger partial charge is 0.325 e. The fourth-order valence-electron chi connectivity index (χ4n) is 3.10. The van der Waals surface area contributed by atoms with Gasteiger partial charge in [-0.25, -0.2) is 4.98 Å². The first-order chi connectivity index (χ1) is 14.5. The Kier molecular flexibility index (Phi) is 6.01. The van der Waals surface area contributed by atoms with Crippen LogP contribution >= 0.6 is 23.1 Å². The number of amides is 1. The van der Waals surface area contributed by atoms with E-state index in [1.807, 2.05) is 60.0 Å². The van der Waals surface area contributed by atoms with Crippen molar-refractivity contribution in [1.82, 2.24) is 9.97 Å². The van der Waals surface area contributed by atoms with Crippen LogP contribution in [0.3, 0.4) is 0 Å². The molecule has 0 aliphatic heterocycles. The molecule has 2 aromatic carbocycles. The highest BCUT2D eigenvalue weighted by Crippen LogP contribution is 2.32. The summed E-state index contributed by atoms with van der Waals surface area (Å²) >= 11 is 2.67. The summed E-state index contributed by atoms with van der Waals surface area (Å²) in [6.45, 7) is 3.89. The molecule has 4 aromatic rings. The van der Waals surface area contributed by atoms with Crippen LogP contribution in [0.1, 0.15) is 19.4 Å². The van der Waals surface area contributed by atoms with Gasteiger partial charge in [0.15, 0.2) is 5.16 Å². The molecule has 0 aliphatic rings. The molecule has 2 N–H and O–H groups in total. The van der Waals surface area contributed by atoms with Crippen molar-refractivity contribution in [3.8, 4) is 11.1 Å². The van der Waals surface area contributed by atoms with E-state index in [2.05, 4.69) is 22.2 Å². The highest BCUT2D eigenvalue weighted by atomic mass is 32.2. The van der Waals surface area contributed by atoms with E-state index in [4.69, 9.17) is 0 Å². The molecule has 152 valence electrons. The molecule has 0 aliphatic carbocycles. The number of hydrogen-bond acceptors (Lipinski definition) is 5. The molecular weight excluding hydrogens is 414 g/mol. The van der Waals surface area contributed by atoms with E-state index >= 15 is 0 Å². The third-order valence-corrected chi connectivity index (χ3v) is 6.65. The molecule has 7 heteroatoms. The standard InChI is InChI=1S/C23H21N3O2S2/c1-3-15-9-11-17(12-10-15)24-20(27)14(2)30-23-25-21(28)19-18(13-29-22(19)26-23)16-7-5-4-6-8-16/h4-14H,3H2,1-2H3,(H,24,27)(H,25,26,28). The summed E-state index contributed by atoms with van der Waals surface area (Å²) < 4.78 is 0. The minimum Gasteiger partial charge on any atom is -0.325 e. The van der Waals surface area contributed by atoms with Gasteiger partial charge in [0.05, 0.1) is 10.6 Å². The Morgan fingerprint density at radius 2 is 1.90 bits per heavy atom. The van der Waals surface area contributed by atoms with Crippen molar-refractivity contribution >= 4 is 44.9 Å². The van der Waals surface area contributed by atoms with Crippen molar-refractivity contribution in [2.24, 2.45) is 0 Å². The van der Waals surface area contributed by atoms with Gasteiger partial charge in [0.2, 0.25) is 5.91 Å². The fourth-order valence-corrected chi connectivity index (χ4v) is 4.91. The summed E-state index contributed by atoms with van der Waals surface area (Å²) in [5.74, 6) is -0.136. The Morgan fingerprint density at radius 3 is 2.60 bits per heavy atom. The normalized spacial score (nSPS) is 12.1. The van der Waals surface area contributed by atoms with Gasteiger partial charge in [-0.05, 0) is 36.6 Å². The van der Waals surface area contributed by atoms with Crippen molar-refractivity contribution in [3.63, 3.8) is 0 Å². The molecule has 0 saturated heterocycles. The maximum absolute atomic E-state index is 12.8. The molecule has 2 heterocycles. The molecule has 0 saturated carbocycles. The summed E-state index contributed by atoms with van der Waals surface area (Å²) in [6.07, 6.45) is 0.955. The number of thioether (sulfide) groups is 1. The zero-order valence-electron chi connectivity index (χ0n) is 16.6. The van der Waals surface area contributed by atoms with Gasteiger partial charge in [0.25, 0.3) is 5.56 Å². The molecule has 0 radical (unpaired) electrons. The topological polar surface area (TPSA) is 74.8 Å². The van der Waals surface area contributed by atoms with Crippen LogP contribution in [0.4, 0.5) is 5.69 Å². The predicted molar refractivity (Wildman–Crippen MR) is 125 cm³/mol. The van der Waals surface area contributed by atoms with E-state index in [1.165, 1.54) is 28.7 Å². The zero-order valence-corrected chi connectivity index (χ0v) is 18.3. The predicted octanol–water partition coefficient (Wildman–Crippen LogP) is 5.33. The van der Waals surface area contributed by atoms with E-state index in [0.29, 0.717) is 15.4 Å². The highest BCUT2D eigenvalue weighted by molar-refractivity contribution is 8.00. The van der Waals surface area contributed by atoms with E-state index in [1.54, 1.807) is 6.92 Å². The molecule has 30 heavy (non-hydrogen) atoms. The summed E-state index contributed by atoms with van der Waals surface area (Å²) in [4.78, 5) is 33.4. The monoisotopic (exact) mass is 435 g/mol. The van der Waals surface area contributed by atoms with Crippen LogP contribution < -0.4 is 10.9 Å². The van der Waals surface area contributed by atoms with Crippen LogP contribution in [-0.2, 0) is 11.2 Å². The van der Waals surface area contributed by atoms with Gasteiger partial charge in [-0.2, -0.15) is 0 Å². The van der Waals surface area contributed by atoms with Gasteiger partial charge in [-0.1, -0.05) is 61.2 Å². The number of nitrogens with one attached hydrogen (secondary N) is 2. The van der Waals surface area contributed by atoms with E-state index in [-0.39, 0.29) is 11.5 Å². The number of anilines is 1. The molecule has 1 unspecified atom stereocenters. The maximum Gasteiger partial charge on any atom is 0.260 e. The summed E-state index contributed by atoms with van der Waals surface area (Å²) in [5, 5.41) is 5.48. The van der Waals surface area contributed by atoms with Crippen LogP contribution in [0, 0.1) is 0 Å². The van der Waals surface area contributed by atoms with Gasteiger partial charge < -0.3 is 10.3 Å². The Balaban J connectivity index is 1.52. The quantitative estimate of drug-likeness (QED) is 0.317. The smallest absolute Gasteiger partial charge is 0.260 e. The number of benzene rings is 2. The van der Waals surface area contributed by atoms with E-state index < -0.39 is 5.25 Å². The van der Waals surface area contributed by atoms with Gasteiger partial charge in [0.1, 0.15) is 4.83 Å². The van der Waals surface area contributed by atoms with Crippen molar-refractivity contribution in [2.75, 3.05) is 5.32 Å². The number of H-pyrrole nitrogens is 1. The first-order valence-electron chi connectivity index (χ1n) is 9.68. The number of fused-ring (bicyclic) bond motifs is 1. The van der Waals surface area contributed by atoms with Crippen molar-refractivity contribution in [3.05, 3.63) is 75.9 Å². The number of rotatable bonds is 6. The lowest BCUT2D eigenvalue weighted by Gasteiger charge is -2.12. The van der Waals surface area contributed by atoms with Crippen LogP contribution in [0.2, 0.25) is 0 Å². The van der Waals surface area contributed by atoms with Crippen LogP contribution in [0.15, 0.2) is 69.9 Å². The minimum atomic E-state index is -0.412. The zero-order chi connectivity index (χ0) is 21.1. The van der Waals surface area contributed by atoms with E-state index in [9.17, 15) is 9.59 Å². The summed E-state index contributed by atoms with van der Waals surface area (Å²) in [7, 11) is 0. The molecule has 1 atom stereocenters. The van der Waals surface area contributed by atoms with Gasteiger partial charge in [0, 0.05) is 16.6 Å². The van der Waals surface area contributed by atoms with Gasteiger partial charge in [-0.15, -0.1) is 11.3 Å². The van der Waals surface area contributed by atoms with E-state index in [0.717, 1.165) is 23.2 Å². The highest BCUT2D eigenvalue weighted by Gasteiger charge is 2.18. The summed E-state index contributed by atoms with van der Waals surface area (Å²) in [5.41, 5.74) is 3.65. The van der Waals surface area contributed by atoms with Crippen LogP contribution in [0.25, 0.3) is 21.3 Å². The van der Waals surface area contributed by atoms with Crippen molar-refractivity contribution < 1.29 is 4.79 Å². The minimum absolute atomic E-state index is 0.136. The lowest BCUT2D eigenvalue weighted by Crippen LogP contribution is -2.23. The van der Waals surface area contributed by atoms with Crippen molar-refractivity contribution in [1.29, 1.82) is 0 Å².